The van der Waals surface area contributed by atoms with Crippen LogP contribution in [0.5, 0.6) is 0 Å². The summed E-state index contributed by atoms with van der Waals surface area (Å²) in [6, 6.07) is 0. The van der Waals surface area contributed by atoms with Gasteiger partial charge in [0.1, 0.15) is 0 Å². The molecule has 0 aliphatic heterocycles. The van der Waals surface area contributed by atoms with Crippen molar-refractivity contribution in [2.75, 3.05) is 6.61 Å². The smallest absolute Gasteiger partial charge is 0.0654 e. The van der Waals surface area contributed by atoms with E-state index in [2.05, 4.69) is 20.8 Å². The van der Waals surface area contributed by atoms with E-state index in [-0.39, 0.29) is 17.9 Å². The highest BCUT2D eigenvalue weighted by Crippen LogP contribution is 2.62. The summed E-state index contributed by atoms with van der Waals surface area (Å²) >= 11 is 0. The van der Waals surface area contributed by atoms with Gasteiger partial charge in [-0.3, -0.25) is 0 Å². The Hall–Kier alpha value is -0.0800. The van der Waals surface area contributed by atoms with Crippen LogP contribution >= 0.6 is 0 Å². The van der Waals surface area contributed by atoms with Gasteiger partial charge in [0, 0.05) is 6.61 Å². The maximum Gasteiger partial charge on any atom is 0.0654 e. The van der Waals surface area contributed by atoms with Gasteiger partial charge in [0.15, 0.2) is 0 Å². The Bertz CT molecular complexity index is 308. The molecule has 0 unspecified atom stereocenters. The van der Waals surface area contributed by atoms with Gasteiger partial charge in [-0.1, -0.05) is 27.2 Å². The Labute approximate surface area is 112 Å². The topological polar surface area (TPSA) is 40.5 Å². The number of fused-ring (bicyclic) bond motifs is 1. The molecule has 0 spiro atoms. The first-order valence-electron chi connectivity index (χ1n) is 7.57. The predicted molar refractivity (Wildman–Crippen MR) is 74.3 cm³/mol. The quantitative estimate of drug-likeness (QED) is 0.793. The van der Waals surface area contributed by atoms with Crippen molar-refractivity contribution in [1.82, 2.24) is 0 Å². The molecule has 2 heteroatoms. The first-order chi connectivity index (χ1) is 8.24. The molecule has 2 aliphatic carbocycles. The summed E-state index contributed by atoms with van der Waals surface area (Å²) in [4.78, 5) is 0. The minimum Gasteiger partial charge on any atom is -0.396 e. The van der Waals surface area contributed by atoms with Crippen LogP contribution in [-0.4, -0.2) is 22.4 Å². The molecule has 0 bridgehead atoms. The Morgan fingerprint density at radius 3 is 2.33 bits per heavy atom. The summed E-state index contributed by atoms with van der Waals surface area (Å²) in [7, 11) is 0. The molecule has 0 aromatic heterocycles. The van der Waals surface area contributed by atoms with Crippen molar-refractivity contribution in [3.05, 3.63) is 0 Å². The van der Waals surface area contributed by atoms with Crippen LogP contribution in [0.15, 0.2) is 0 Å². The van der Waals surface area contributed by atoms with Crippen LogP contribution < -0.4 is 0 Å². The van der Waals surface area contributed by atoms with Gasteiger partial charge in [-0.25, -0.2) is 0 Å². The Kier molecular flexibility index (Phi) is 3.57. The summed E-state index contributed by atoms with van der Waals surface area (Å²) in [5.41, 5.74) is -0.00909. The van der Waals surface area contributed by atoms with E-state index < -0.39 is 5.60 Å². The van der Waals surface area contributed by atoms with Gasteiger partial charge in [0.05, 0.1) is 5.60 Å². The van der Waals surface area contributed by atoms with E-state index in [1.165, 1.54) is 19.3 Å². The van der Waals surface area contributed by atoms with E-state index in [0.717, 1.165) is 19.3 Å². The van der Waals surface area contributed by atoms with Gasteiger partial charge in [-0.05, 0) is 61.7 Å². The molecule has 4 atom stereocenters. The zero-order chi connectivity index (χ0) is 13.6. The molecule has 0 radical (unpaired) electrons. The molecule has 0 aromatic carbocycles. The number of aliphatic hydroxyl groups excluding tert-OH is 1. The normalized spacial score (nSPS) is 47.7. The summed E-state index contributed by atoms with van der Waals surface area (Å²) < 4.78 is 0. The zero-order valence-electron chi connectivity index (χ0n) is 12.5. The highest BCUT2D eigenvalue weighted by Gasteiger charge is 2.57. The molecule has 2 aliphatic rings. The van der Waals surface area contributed by atoms with Crippen molar-refractivity contribution >= 4 is 0 Å². The van der Waals surface area contributed by atoms with E-state index in [1.54, 1.807) is 0 Å². The second kappa shape index (κ2) is 4.49. The third-order valence-corrected chi connectivity index (χ3v) is 6.18. The zero-order valence-corrected chi connectivity index (χ0v) is 12.5. The fraction of sp³-hybridized carbons (Fsp3) is 1.00. The fourth-order valence-electron chi connectivity index (χ4n) is 5.39. The highest BCUT2D eigenvalue weighted by molar-refractivity contribution is 5.07. The lowest BCUT2D eigenvalue weighted by Gasteiger charge is -2.61. The van der Waals surface area contributed by atoms with Gasteiger partial charge in [0.25, 0.3) is 0 Å². The van der Waals surface area contributed by atoms with E-state index in [0.29, 0.717) is 11.3 Å². The van der Waals surface area contributed by atoms with Crippen LogP contribution in [0, 0.1) is 22.7 Å². The van der Waals surface area contributed by atoms with E-state index in [1.807, 2.05) is 6.92 Å². The van der Waals surface area contributed by atoms with Crippen LogP contribution in [0.1, 0.15) is 66.2 Å². The molecule has 18 heavy (non-hydrogen) atoms. The van der Waals surface area contributed by atoms with Crippen LogP contribution in [0.25, 0.3) is 0 Å². The summed E-state index contributed by atoms with van der Waals surface area (Å²) in [6.07, 6.45) is 6.55. The molecule has 2 N–H and O–H groups in total. The minimum atomic E-state index is -0.596. The van der Waals surface area contributed by atoms with Crippen molar-refractivity contribution in [3.8, 4) is 0 Å². The van der Waals surface area contributed by atoms with Crippen LogP contribution in [0.3, 0.4) is 0 Å². The van der Waals surface area contributed by atoms with Crippen molar-refractivity contribution in [3.63, 3.8) is 0 Å². The van der Waals surface area contributed by atoms with Crippen molar-refractivity contribution in [1.29, 1.82) is 0 Å². The lowest BCUT2D eigenvalue weighted by Crippen LogP contribution is -2.57. The average molecular weight is 254 g/mol. The molecule has 106 valence electrons. The summed E-state index contributed by atoms with van der Waals surface area (Å²) in [5.74, 6) is 0.934. The Morgan fingerprint density at radius 1 is 1.06 bits per heavy atom. The maximum absolute atomic E-state index is 10.7. The minimum absolute atomic E-state index is 0.198. The molecule has 0 saturated heterocycles. The first kappa shape index (κ1) is 14.3. The number of hydrogen-bond donors (Lipinski definition) is 2. The number of rotatable bonds is 2. The van der Waals surface area contributed by atoms with Crippen molar-refractivity contribution in [2.45, 2.75) is 71.8 Å². The monoisotopic (exact) mass is 254 g/mol. The van der Waals surface area contributed by atoms with Crippen molar-refractivity contribution < 1.29 is 10.2 Å². The predicted octanol–water partition coefficient (Wildman–Crippen LogP) is 3.36. The average Bonchev–Trinajstić information content (AvgIpc) is 2.22. The molecule has 0 heterocycles. The largest absolute Gasteiger partial charge is 0.396 e. The van der Waals surface area contributed by atoms with E-state index >= 15 is 0 Å². The second-order valence-corrected chi connectivity index (χ2v) is 7.86. The lowest BCUT2D eigenvalue weighted by molar-refractivity contribution is -0.171. The highest BCUT2D eigenvalue weighted by atomic mass is 16.3. The van der Waals surface area contributed by atoms with Gasteiger partial charge >= 0.3 is 0 Å². The van der Waals surface area contributed by atoms with Crippen LogP contribution in [-0.2, 0) is 0 Å². The molecule has 2 fully saturated rings. The molecular formula is C16H30O2. The van der Waals surface area contributed by atoms with E-state index in [9.17, 15) is 10.2 Å². The summed E-state index contributed by atoms with van der Waals surface area (Å²) in [5, 5.41) is 20.1. The first-order valence-corrected chi connectivity index (χ1v) is 7.57. The Balaban J connectivity index is 2.35. The van der Waals surface area contributed by atoms with Gasteiger partial charge in [0.2, 0.25) is 0 Å². The second-order valence-electron chi connectivity index (χ2n) is 7.86. The molecule has 2 rings (SSSR count). The molecular weight excluding hydrogens is 224 g/mol. The van der Waals surface area contributed by atoms with Gasteiger partial charge in [-0.15, -0.1) is 0 Å². The molecule has 0 aromatic rings. The van der Waals surface area contributed by atoms with Gasteiger partial charge in [-0.2, -0.15) is 0 Å². The lowest BCUT2D eigenvalue weighted by atomic mass is 9.45. The molecule has 0 amide bonds. The van der Waals surface area contributed by atoms with Crippen LogP contribution in [0.2, 0.25) is 0 Å². The SMILES string of the molecule is CC1(C)CCC[C@@]2(C)[C@H]1CC[C@](C)(O)[C@H]2CCO. The van der Waals surface area contributed by atoms with Crippen LogP contribution in [0.4, 0.5) is 0 Å². The standard InChI is InChI=1S/C16H30O2/c1-14(2)8-5-9-15(3)12(14)6-10-16(4,18)13(15)7-11-17/h12-13,17-18H,5-11H2,1-4H3/t12-,13-,15-,16-/m0/s1. The summed E-state index contributed by atoms with van der Waals surface area (Å²) in [6.45, 7) is 9.34. The number of hydrogen-bond acceptors (Lipinski definition) is 2. The molecule has 2 saturated carbocycles. The molecule has 2 nitrogen and oxygen atoms in total. The Morgan fingerprint density at radius 2 is 1.72 bits per heavy atom. The third-order valence-electron chi connectivity index (χ3n) is 6.18. The van der Waals surface area contributed by atoms with Crippen molar-refractivity contribution in [2.24, 2.45) is 22.7 Å². The van der Waals surface area contributed by atoms with Gasteiger partial charge < -0.3 is 10.2 Å². The maximum atomic E-state index is 10.7. The number of aliphatic hydroxyl groups is 2. The fourth-order valence-corrected chi connectivity index (χ4v) is 5.39. The third kappa shape index (κ3) is 2.12. The van der Waals surface area contributed by atoms with E-state index in [4.69, 9.17) is 0 Å².